The Hall–Kier alpha value is -1.85. The van der Waals surface area contributed by atoms with Crippen molar-refractivity contribution in [3.8, 4) is 0 Å². The number of carbonyl (C=O) groups is 2. The molecule has 1 aromatic heterocycles. The summed E-state index contributed by atoms with van der Waals surface area (Å²) in [6, 6.07) is 1.18. The molecular weight excluding hydrogens is 244 g/mol. The standard InChI is InChI=1S/C13H20N4O2/c1-8-9(2)17(10(3)12(18)16(8)5)13(19)11-6-7-15(4)14-11/h6-10H,1-5H3. The van der Waals surface area contributed by atoms with Crippen molar-refractivity contribution < 1.29 is 9.59 Å². The zero-order chi connectivity index (χ0) is 14.3. The lowest BCUT2D eigenvalue weighted by Gasteiger charge is -2.46. The van der Waals surface area contributed by atoms with Crippen molar-refractivity contribution >= 4 is 11.8 Å². The van der Waals surface area contributed by atoms with Crippen LogP contribution in [0.25, 0.3) is 0 Å². The largest absolute Gasteiger partial charge is 0.339 e. The molecule has 1 aliphatic heterocycles. The van der Waals surface area contributed by atoms with Gasteiger partial charge in [0.15, 0.2) is 0 Å². The van der Waals surface area contributed by atoms with E-state index in [-0.39, 0.29) is 23.9 Å². The fourth-order valence-corrected chi connectivity index (χ4v) is 2.55. The van der Waals surface area contributed by atoms with E-state index in [1.165, 1.54) is 0 Å². The van der Waals surface area contributed by atoms with Crippen LogP contribution in [0.3, 0.4) is 0 Å². The van der Waals surface area contributed by atoms with Crippen molar-refractivity contribution in [1.82, 2.24) is 19.6 Å². The topological polar surface area (TPSA) is 58.4 Å². The van der Waals surface area contributed by atoms with Gasteiger partial charge in [-0.25, -0.2) is 0 Å². The molecule has 0 bridgehead atoms. The van der Waals surface area contributed by atoms with E-state index in [9.17, 15) is 9.59 Å². The average molecular weight is 264 g/mol. The number of hydrogen-bond donors (Lipinski definition) is 0. The first-order valence-electron chi connectivity index (χ1n) is 6.43. The number of aromatic nitrogens is 2. The Kier molecular flexibility index (Phi) is 3.34. The van der Waals surface area contributed by atoms with Gasteiger partial charge in [-0.3, -0.25) is 14.3 Å². The van der Waals surface area contributed by atoms with Crippen molar-refractivity contribution in [3.05, 3.63) is 18.0 Å². The molecule has 0 radical (unpaired) electrons. The first-order chi connectivity index (χ1) is 8.84. The van der Waals surface area contributed by atoms with Crippen LogP contribution in [-0.4, -0.2) is 56.6 Å². The Balaban J connectivity index is 2.32. The van der Waals surface area contributed by atoms with Gasteiger partial charge in [-0.2, -0.15) is 5.10 Å². The number of aryl methyl sites for hydroxylation is 1. The van der Waals surface area contributed by atoms with Gasteiger partial charge in [0.1, 0.15) is 11.7 Å². The van der Waals surface area contributed by atoms with Crippen LogP contribution >= 0.6 is 0 Å². The smallest absolute Gasteiger partial charge is 0.275 e. The fraction of sp³-hybridized carbons (Fsp3) is 0.615. The maximum Gasteiger partial charge on any atom is 0.275 e. The van der Waals surface area contributed by atoms with Crippen LogP contribution in [0.2, 0.25) is 0 Å². The molecular formula is C13H20N4O2. The molecule has 2 heterocycles. The average Bonchev–Trinajstić information content (AvgIpc) is 2.81. The van der Waals surface area contributed by atoms with Crippen LogP contribution in [0, 0.1) is 0 Å². The van der Waals surface area contributed by atoms with Gasteiger partial charge in [-0.05, 0) is 26.8 Å². The fourth-order valence-electron chi connectivity index (χ4n) is 2.55. The molecule has 0 aliphatic carbocycles. The number of nitrogens with zero attached hydrogens (tertiary/aromatic N) is 4. The van der Waals surface area contributed by atoms with Gasteiger partial charge < -0.3 is 9.80 Å². The number of piperazine rings is 1. The van der Waals surface area contributed by atoms with E-state index >= 15 is 0 Å². The molecule has 6 nitrogen and oxygen atoms in total. The molecule has 3 atom stereocenters. The summed E-state index contributed by atoms with van der Waals surface area (Å²) in [6.07, 6.45) is 1.73. The van der Waals surface area contributed by atoms with Gasteiger partial charge in [0, 0.05) is 26.3 Å². The molecule has 0 saturated carbocycles. The molecule has 0 spiro atoms. The second-order valence-corrected chi connectivity index (χ2v) is 5.19. The summed E-state index contributed by atoms with van der Waals surface area (Å²) in [5.41, 5.74) is 0.380. The Labute approximate surface area is 113 Å². The highest BCUT2D eigenvalue weighted by Gasteiger charge is 2.42. The normalized spacial score (nSPS) is 27.8. The first-order valence-corrected chi connectivity index (χ1v) is 6.43. The number of hydrogen-bond acceptors (Lipinski definition) is 3. The highest BCUT2D eigenvalue weighted by Crippen LogP contribution is 2.23. The summed E-state index contributed by atoms with van der Waals surface area (Å²) in [7, 11) is 3.55. The third-order valence-corrected chi connectivity index (χ3v) is 4.04. The summed E-state index contributed by atoms with van der Waals surface area (Å²) < 4.78 is 1.59. The van der Waals surface area contributed by atoms with E-state index in [0.717, 1.165) is 0 Å². The van der Waals surface area contributed by atoms with E-state index in [4.69, 9.17) is 0 Å². The minimum absolute atomic E-state index is 0.00337. The SMILES string of the molecule is CC1C(C)N(C(=O)c2ccn(C)n2)C(C)C(=O)N1C. The number of amides is 2. The zero-order valence-corrected chi connectivity index (χ0v) is 12.0. The third kappa shape index (κ3) is 2.11. The Morgan fingerprint density at radius 1 is 1.21 bits per heavy atom. The molecule has 0 aromatic carbocycles. The molecule has 1 aliphatic rings. The Morgan fingerprint density at radius 3 is 2.37 bits per heavy atom. The van der Waals surface area contributed by atoms with Crippen LogP contribution < -0.4 is 0 Å². The highest BCUT2D eigenvalue weighted by molar-refractivity contribution is 5.97. The number of rotatable bonds is 1. The molecule has 104 valence electrons. The van der Waals surface area contributed by atoms with Crippen molar-refractivity contribution in [2.75, 3.05) is 7.05 Å². The maximum atomic E-state index is 12.5. The zero-order valence-electron chi connectivity index (χ0n) is 12.0. The summed E-state index contributed by atoms with van der Waals surface area (Å²) in [6.45, 7) is 5.68. The summed E-state index contributed by atoms with van der Waals surface area (Å²) in [4.78, 5) is 28.0. The van der Waals surface area contributed by atoms with Crippen LogP contribution in [0.15, 0.2) is 12.3 Å². The van der Waals surface area contributed by atoms with Gasteiger partial charge in [0.05, 0.1) is 6.04 Å². The maximum absolute atomic E-state index is 12.5. The van der Waals surface area contributed by atoms with Crippen molar-refractivity contribution in [2.45, 2.75) is 38.9 Å². The summed E-state index contributed by atoms with van der Waals surface area (Å²) in [5.74, 6) is -0.219. The van der Waals surface area contributed by atoms with Crippen LogP contribution in [0.4, 0.5) is 0 Å². The molecule has 2 amide bonds. The summed E-state index contributed by atoms with van der Waals surface area (Å²) >= 11 is 0. The molecule has 2 rings (SSSR count). The van der Waals surface area contributed by atoms with Crippen LogP contribution in [0.1, 0.15) is 31.3 Å². The van der Waals surface area contributed by atoms with Gasteiger partial charge in [0.2, 0.25) is 5.91 Å². The van der Waals surface area contributed by atoms with Gasteiger partial charge in [-0.15, -0.1) is 0 Å². The lowest BCUT2D eigenvalue weighted by atomic mass is 10.00. The van der Waals surface area contributed by atoms with E-state index < -0.39 is 6.04 Å². The number of carbonyl (C=O) groups excluding carboxylic acids is 2. The molecule has 19 heavy (non-hydrogen) atoms. The van der Waals surface area contributed by atoms with Gasteiger partial charge in [0.25, 0.3) is 5.91 Å². The highest BCUT2D eigenvalue weighted by atomic mass is 16.2. The van der Waals surface area contributed by atoms with Crippen molar-refractivity contribution in [3.63, 3.8) is 0 Å². The minimum Gasteiger partial charge on any atom is -0.339 e. The summed E-state index contributed by atoms with van der Waals surface area (Å²) in [5, 5.41) is 4.12. The van der Waals surface area contributed by atoms with Crippen molar-refractivity contribution in [2.24, 2.45) is 7.05 Å². The van der Waals surface area contributed by atoms with Gasteiger partial charge >= 0.3 is 0 Å². The molecule has 1 aromatic rings. The lowest BCUT2D eigenvalue weighted by Crippen LogP contribution is -2.64. The quantitative estimate of drug-likeness (QED) is 0.742. The Morgan fingerprint density at radius 2 is 1.84 bits per heavy atom. The first kappa shape index (κ1) is 13.6. The second-order valence-electron chi connectivity index (χ2n) is 5.19. The number of likely N-dealkylation sites (N-methyl/N-ethyl adjacent to an activating group) is 1. The molecule has 6 heteroatoms. The predicted molar refractivity (Wildman–Crippen MR) is 70.5 cm³/mol. The monoisotopic (exact) mass is 264 g/mol. The van der Waals surface area contributed by atoms with E-state index in [2.05, 4.69) is 5.10 Å². The van der Waals surface area contributed by atoms with Gasteiger partial charge in [-0.1, -0.05) is 0 Å². The molecule has 1 saturated heterocycles. The molecule has 1 fully saturated rings. The minimum atomic E-state index is -0.453. The van der Waals surface area contributed by atoms with E-state index in [1.807, 2.05) is 13.8 Å². The van der Waals surface area contributed by atoms with Crippen molar-refractivity contribution in [1.29, 1.82) is 0 Å². The Bertz CT molecular complexity index is 510. The van der Waals surface area contributed by atoms with E-state index in [1.54, 1.807) is 47.8 Å². The molecule has 3 unspecified atom stereocenters. The predicted octanol–water partition coefficient (Wildman–Crippen LogP) is 0.500. The van der Waals surface area contributed by atoms with Crippen LogP contribution in [0.5, 0.6) is 0 Å². The second kappa shape index (κ2) is 4.68. The van der Waals surface area contributed by atoms with E-state index in [0.29, 0.717) is 5.69 Å². The third-order valence-electron chi connectivity index (χ3n) is 4.04. The molecule has 0 N–H and O–H groups in total. The van der Waals surface area contributed by atoms with Crippen LogP contribution in [-0.2, 0) is 11.8 Å². The lowest BCUT2D eigenvalue weighted by molar-refractivity contribution is -0.143.